The summed E-state index contributed by atoms with van der Waals surface area (Å²) < 4.78 is 41.6. The standard InChI is InChI=1S/C27H30ClN2O5PS/c1-29-26(19-9-4-2-5-10-19)18-30(21-12-6-3-7-13-21)25-17-24(28)23(16-27(25)37(29,34)35)20-11-8-14-22(15-20)36(31,32)33/h3,6-8,11-17,19,26H,2,4-5,9-10,18H2,1H3,(H2,31,32,33)/t26-/m0/s1. The third-order valence-corrected chi connectivity index (χ3v) is 10.8. The third kappa shape index (κ3) is 5.11. The SMILES string of the molecule is CN1[C@H](C2CCCCC2)CN(c2ccccc2)c2cc(Cl)c(-c3cccc(P(=O)(O)O)c3)cc2S1(=O)=O. The fourth-order valence-electron chi connectivity index (χ4n) is 5.59. The smallest absolute Gasteiger partial charge is 0.339 e. The number of sulfonamides is 1. The second-order valence-electron chi connectivity index (χ2n) is 9.83. The van der Waals surface area contributed by atoms with Gasteiger partial charge in [-0.15, -0.1) is 0 Å². The first kappa shape index (κ1) is 26.4. The van der Waals surface area contributed by atoms with Crippen molar-refractivity contribution in [1.82, 2.24) is 4.31 Å². The van der Waals surface area contributed by atoms with Crippen LogP contribution in [0.3, 0.4) is 0 Å². The molecule has 196 valence electrons. The molecule has 7 nitrogen and oxygen atoms in total. The highest BCUT2D eigenvalue weighted by atomic mass is 35.5. The summed E-state index contributed by atoms with van der Waals surface area (Å²) in [4.78, 5) is 21.5. The van der Waals surface area contributed by atoms with Crippen molar-refractivity contribution in [3.8, 4) is 11.1 Å². The van der Waals surface area contributed by atoms with E-state index in [4.69, 9.17) is 11.6 Å². The Balaban J connectivity index is 1.70. The third-order valence-electron chi connectivity index (χ3n) is 7.59. The number of rotatable bonds is 4. The molecular weight excluding hydrogens is 531 g/mol. The lowest BCUT2D eigenvalue weighted by Gasteiger charge is -2.36. The predicted octanol–water partition coefficient (Wildman–Crippen LogP) is 5.53. The first-order valence-electron chi connectivity index (χ1n) is 12.4. The molecule has 37 heavy (non-hydrogen) atoms. The van der Waals surface area contributed by atoms with Crippen molar-refractivity contribution in [3.63, 3.8) is 0 Å². The minimum absolute atomic E-state index is 0.123. The Morgan fingerprint density at radius 2 is 1.65 bits per heavy atom. The van der Waals surface area contributed by atoms with E-state index in [9.17, 15) is 22.8 Å². The van der Waals surface area contributed by atoms with Gasteiger partial charge in [0, 0.05) is 30.9 Å². The van der Waals surface area contributed by atoms with Crippen LogP contribution in [0.25, 0.3) is 11.1 Å². The van der Waals surface area contributed by atoms with Gasteiger partial charge < -0.3 is 14.7 Å². The summed E-state index contributed by atoms with van der Waals surface area (Å²) in [7, 11) is -6.74. The molecule has 3 aromatic carbocycles. The number of halogens is 1. The Labute approximate surface area is 222 Å². The fourth-order valence-corrected chi connectivity index (χ4v) is 8.05. The average molecular weight is 561 g/mol. The Bertz CT molecular complexity index is 1450. The zero-order chi connectivity index (χ0) is 26.4. The zero-order valence-electron chi connectivity index (χ0n) is 20.5. The highest BCUT2D eigenvalue weighted by Gasteiger charge is 2.41. The quantitative estimate of drug-likeness (QED) is 0.407. The van der Waals surface area contributed by atoms with E-state index in [1.165, 1.54) is 28.9 Å². The van der Waals surface area contributed by atoms with E-state index in [1.54, 1.807) is 25.2 Å². The van der Waals surface area contributed by atoms with Crippen LogP contribution in [0.4, 0.5) is 11.4 Å². The fraction of sp³-hybridized carbons (Fsp3) is 0.333. The molecule has 1 heterocycles. The van der Waals surface area contributed by atoms with Crippen molar-refractivity contribution >= 4 is 45.9 Å². The van der Waals surface area contributed by atoms with Gasteiger partial charge in [-0.3, -0.25) is 4.57 Å². The van der Waals surface area contributed by atoms with Gasteiger partial charge in [-0.1, -0.05) is 61.2 Å². The van der Waals surface area contributed by atoms with Gasteiger partial charge in [0.05, 0.1) is 16.0 Å². The Kier molecular flexibility index (Phi) is 7.26. The second kappa shape index (κ2) is 10.2. The molecule has 0 radical (unpaired) electrons. The molecule has 0 bridgehead atoms. The summed E-state index contributed by atoms with van der Waals surface area (Å²) in [5.74, 6) is 0.254. The maximum Gasteiger partial charge on any atom is 0.356 e. The van der Waals surface area contributed by atoms with Gasteiger partial charge in [0.25, 0.3) is 0 Å². The largest absolute Gasteiger partial charge is 0.356 e. The molecule has 2 N–H and O–H groups in total. The molecule has 10 heteroatoms. The van der Waals surface area contributed by atoms with Crippen LogP contribution in [0, 0.1) is 5.92 Å². The van der Waals surface area contributed by atoms with Gasteiger partial charge in [0.2, 0.25) is 10.0 Å². The summed E-state index contributed by atoms with van der Waals surface area (Å²) >= 11 is 6.75. The summed E-state index contributed by atoms with van der Waals surface area (Å²) in [6.45, 7) is 0.501. The normalized spacial score (nSPS) is 20.9. The number of likely N-dealkylation sites (N-methyl/N-ethyl adjacent to an activating group) is 1. The minimum atomic E-state index is -4.50. The molecule has 5 rings (SSSR count). The molecule has 0 amide bonds. The minimum Gasteiger partial charge on any atom is -0.339 e. The van der Waals surface area contributed by atoms with E-state index in [1.807, 2.05) is 35.2 Å². The Morgan fingerprint density at radius 3 is 2.32 bits per heavy atom. The molecule has 1 fully saturated rings. The van der Waals surface area contributed by atoms with E-state index in [0.717, 1.165) is 31.4 Å². The van der Waals surface area contributed by atoms with Gasteiger partial charge in [-0.25, -0.2) is 8.42 Å². The van der Waals surface area contributed by atoms with Crippen LogP contribution < -0.4 is 10.2 Å². The van der Waals surface area contributed by atoms with Gasteiger partial charge >= 0.3 is 7.60 Å². The summed E-state index contributed by atoms with van der Waals surface area (Å²) in [6.07, 6.45) is 5.35. The van der Waals surface area contributed by atoms with Gasteiger partial charge in [0.1, 0.15) is 4.90 Å². The highest BCUT2D eigenvalue weighted by molar-refractivity contribution is 7.89. The van der Waals surface area contributed by atoms with Crippen LogP contribution in [0.15, 0.2) is 71.6 Å². The molecule has 0 unspecified atom stereocenters. The van der Waals surface area contributed by atoms with Crippen LogP contribution in [0.5, 0.6) is 0 Å². The molecule has 0 saturated heterocycles. The Hall–Kier alpha value is -2.19. The Morgan fingerprint density at radius 1 is 0.946 bits per heavy atom. The molecule has 2 aliphatic rings. The van der Waals surface area contributed by atoms with Crippen LogP contribution in [0.2, 0.25) is 5.02 Å². The summed E-state index contributed by atoms with van der Waals surface area (Å²) in [5, 5.41) is 0.149. The van der Waals surface area contributed by atoms with E-state index in [2.05, 4.69) is 0 Å². The van der Waals surface area contributed by atoms with Crippen molar-refractivity contribution in [2.75, 3.05) is 18.5 Å². The maximum absolute atomic E-state index is 14.1. The number of benzene rings is 3. The molecule has 0 spiro atoms. The first-order valence-corrected chi connectivity index (χ1v) is 15.8. The monoisotopic (exact) mass is 560 g/mol. The lowest BCUT2D eigenvalue weighted by atomic mass is 9.83. The van der Waals surface area contributed by atoms with Gasteiger partial charge in [0.15, 0.2) is 0 Å². The predicted molar refractivity (Wildman–Crippen MR) is 147 cm³/mol. The number of hydrogen-bond acceptors (Lipinski definition) is 4. The number of hydrogen-bond donors (Lipinski definition) is 2. The lowest BCUT2D eigenvalue weighted by molar-refractivity contribution is 0.218. The van der Waals surface area contributed by atoms with Crippen molar-refractivity contribution < 1.29 is 22.8 Å². The molecule has 0 aromatic heterocycles. The highest BCUT2D eigenvalue weighted by Crippen LogP contribution is 2.45. The maximum atomic E-state index is 14.1. The summed E-state index contributed by atoms with van der Waals surface area (Å²) in [6, 6.07) is 18.6. The van der Waals surface area contributed by atoms with Crippen molar-refractivity contribution in [2.24, 2.45) is 5.92 Å². The van der Waals surface area contributed by atoms with E-state index < -0.39 is 17.6 Å². The molecule has 1 aliphatic carbocycles. The molecule has 1 aliphatic heterocycles. The van der Waals surface area contributed by atoms with Crippen LogP contribution >= 0.6 is 19.2 Å². The number of para-hydroxylation sites is 1. The number of fused-ring (bicyclic) bond motifs is 1. The van der Waals surface area contributed by atoms with Gasteiger partial charge in [-0.05, 0) is 60.7 Å². The average Bonchev–Trinajstić information content (AvgIpc) is 2.97. The zero-order valence-corrected chi connectivity index (χ0v) is 23.0. The second-order valence-corrected chi connectivity index (χ2v) is 13.8. The topological polar surface area (TPSA) is 98.2 Å². The van der Waals surface area contributed by atoms with Gasteiger partial charge in [-0.2, -0.15) is 4.31 Å². The molecule has 1 atom stereocenters. The van der Waals surface area contributed by atoms with Crippen molar-refractivity contribution in [1.29, 1.82) is 0 Å². The van der Waals surface area contributed by atoms with Crippen LogP contribution in [0.1, 0.15) is 32.1 Å². The molecule has 3 aromatic rings. The van der Waals surface area contributed by atoms with Crippen molar-refractivity contribution in [3.05, 3.63) is 71.8 Å². The van der Waals surface area contributed by atoms with E-state index in [-0.39, 0.29) is 22.2 Å². The van der Waals surface area contributed by atoms with Crippen LogP contribution in [-0.2, 0) is 14.6 Å². The summed E-state index contributed by atoms with van der Waals surface area (Å²) in [5.41, 5.74) is 2.21. The molecular formula is C27H30ClN2O5PS. The van der Waals surface area contributed by atoms with E-state index >= 15 is 0 Å². The molecule has 1 saturated carbocycles. The lowest BCUT2D eigenvalue weighted by Crippen LogP contribution is -2.46. The first-order chi connectivity index (χ1) is 17.6. The number of nitrogens with zero attached hydrogens (tertiary/aromatic N) is 2. The number of anilines is 2. The van der Waals surface area contributed by atoms with E-state index in [0.29, 0.717) is 28.4 Å². The van der Waals surface area contributed by atoms with Crippen LogP contribution in [-0.4, -0.2) is 42.1 Å². The van der Waals surface area contributed by atoms with Crippen molar-refractivity contribution in [2.45, 2.75) is 43.0 Å².